The maximum absolute atomic E-state index is 12.3. The van der Waals surface area contributed by atoms with Crippen molar-refractivity contribution in [2.75, 3.05) is 13.6 Å². The van der Waals surface area contributed by atoms with Crippen LogP contribution in [0.5, 0.6) is 0 Å². The third-order valence-electron chi connectivity index (χ3n) is 5.91. The van der Waals surface area contributed by atoms with Crippen LogP contribution in [0.3, 0.4) is 0 Å². The number of hydrogen-bond donors (Lipinski definition) is 2. The zero-order valence-corrected chi connectivity index (χ0v) is 14.8. The highest BCUT2D eigenvalue weighted by atomic mass is 32.2. The normalized spacial score (nSPS) is 41.7. The van der Waals surface area contributed by atoms with Crippen molar-refractivity contribution in [2.45, 2.75) is 63.2 Å². The predicted molar refractivity (Wildman–Crippen MR) is 93.1 cm³/mol. The number of thioether (sulfide) groups is 1. The number of rotatable bonds is 3. The van der Waals surface area contributed by atoms with E-state index in [0.29, 0.717) is 6.04 Å². The molecule has 0 aromatic heterocycles. The Kier molecular flexibility index (Phi) is 4.83. The molecule has 3 aliphatic rings. The molecule has 2 aliphatic carbocycles. The fraction of sp³-hybridized carbons (Fsp3) is 0.882. The minimum atomic E-state index is 0.165. The van der Waals surface area contributed by atoms with E-state index in [1.807, 2.05) is 18.8 Å². The SMILES string of the molecule is CN[C@H]1C[C@H](C(=O)NC2=NCC(C)([C@H]3CCCC[C@@H]3C)S2)C1. The standard InChI is InChI=1S/C17H29N3OS/c1-11-6-4-5-7-14(11)17(2)10-19-16(22-17)20-15(21)12-8-13(9-12)18-3/h11-14,18H,4-10H2,1-3H3,(H,19,20,21)/t11-,12-,13-,14-,17?/m0/s1. The highest BCUT2D eigenvalue weighted by molar-refractivity contribution is 8.15. The molecule has 124 valence electrons. The Morgan fingerprint density at radius 2 is 2.05 bits per heavy atom. The Hall–Kier alpha value is -0.550. The summed E-state index contributed by atoms with van der Waals surface area (Å²) in [6.07, 6.45) is 7.29. The number of nitrogens with one attached hydrogen (secondary N) is 2. The summed E-state index contributed by atoms with van der Waals surface area (Å²) in [5.41, 5.74) is 0. The average Bonchev–Trinajstić information content (AvgIpc) is 2.80. The molecule has 5 heteroatoms. The van der Waals surface area contributed by atoms with Gasteiger partial charge < -0.3 is 10.6 Å². The van der Waals surface area contributed by atoms with Crippen molar-refractivity contribution in [3.63, 3.8) is 0 Å². The van der Waals surface area contributed by atoms with Crippen molar-refractivity contribution >= 4 is 22.8 Å². The van der Waals surface area contributed by atoms with Crippen LogP contribution in [0.4, 0.5) is 0 Å². The van der Waals surface area contributed by atoms with Crippen molar-refractivity contribution in [3.8, 4) is 0 Å². The van der Waals surface area contributed by atoms with E-state index in [-0.39, 0.29) is 16.6 Å². The van der Waals surface area contributed by atoms with Gasteiger partial charge in [0.15, 0.2) is 5.17 Å². The largest absolute Gasteiger partial charge is 0.317 e. The smallest absolute Gasteiger partial charge is 0.229 e. The van der Waals surface area contributed by atoms with Crippen molar-refractivity contribution in [3.05, 3.63) is 0 Å². The van der Waals surface area contributed by atoms with E-state index in [1.165, 1.54) is 25.7 Å². The highest BCUT2D eigenvalue weighted by Crippen LogP contribution is 2.47. The average molecular weight is 324 g/mol. The lowest BCUT2D eigenvalue weighted by Gasteiger charge is -2.40. The van der Waals surface area contributed by atoms with Crippen LogP contribution in [0.25, 0.3) is 0 Å². The summed E-state index contributed by atoms with van der Waals surface area (Å²) in [5, 5.41) is 7.17. The van der Waals surface area contributed by atoms with Crippen LogP contribution in [0.1, 0.15) is 52.4 Å². The fourth-order valence-electron chi connectivity index (χ4n) is 4.27. The van der Waals surface area contributed by atoms with E-state index >= 15 is 0 Å². The van der Waals surface area contributed by atoms with E-state index in [1.54, 1.807) is 0 Å². The maximum Gasteiger partial charge on any atom is 0.229 e. The van der Waals surface area contributed by atoms with Crippen LogP contribution < -0.4 is 10.6 Å². The monoisotopic (exact) mass is 323 g/mol. The quantitative estimate of drug-likeness (QED) is 0.840. The number of hydrogen-bond acceptors (Lipinski definition) is 4. The molecule has 0 bridgehead atoms. The minimum absolute atomic E-state index is 0.165. The first-order valence-electron chi connectivity index (χ1n) is 8.73. The van der Waals surface area contributed by atoms with Gasteiger partial charge in [0.05, 0.1) is 6.54 Å². The summed E-state index contributed by atoms with van der Waals surface area (Å²) in [4.78, 5) is 16.9. The number of aliphatic imine (C=N–C) groups is 1. The van der Waals surface area contributed by atoms with E-state index in [0.717, 1.165) is 36.4 Å². The van der Waals surface area contributed by atoms with Crippen molar-refractivity contribution < 1.29 is 4.79 Å². The first-order chi connectivity index (χ1) is 10.5. The zero-order valence-electron chi connectivity index (χ0n) is 14.0. The van der Waals surface area contributed by atoms with Gasteiger partial charge in [-0.05, 0) is 45.1 Å². The molecule has 2 fully saturated rings. The molecular formula is C17H29N3OS. The van der Waals surface area contributed by atoms with Crippen molar-refractivity contribution in [1.29, 1.82) is 0 Å². The van der Waals surface area contributed by atoms with Gasteiger partial charge in [0.25, 0.3) is 0 Å². The first kappa shape index (κ1) is 16.3. The van der Waals surface area contributed by atoms with Crippen molar-refractivity contribution in [2.24, 2.45) is 22.7 Å². The lowest BCUT2D eigenvalue weighted by Crippen LogP contribution is -2.47. The Morgan fingerprint density at radius 3 is 2.73 bits per heavy atom. The summed E-state index contributed by atoms with van der Waals surface area (Å²) in [6.45, 7) is 5.58. The predicted octanol–water partition coefficient (Wildman–Crippen LogP) is 2.79. The molecular weight excluding hydrogens is 294 g/mol. The molecule has 1 amide bonds. The Labute approximate surface area is 138 Å². The lowest BCUT2D eigenvalue weighted by molar-refractivity contribution is -0.126. The number of amidine groups is 1. The van der Waals surface area contributed by atoms with Crippen LogP contribution in [0.2, 0.25) is 0 Å². The molecule has 0 saturated heterocycles. The lowest BCUT2D eigenvalue weighted by atomic mass is 9.73. The number of nitrogens with zero attached hydrogens (tertiary/aromatic N) is 1. The number of carbonyl (C=O) groups is 1. The van der Waals surface area contributed by atoms with E-state index in [9.17, 15) is 4.79 Å². The molecule has 2 saturated carbocycles. The van der Waals surface area contributed by atoms with E-state index in [2.05, 4.69) is 29.5 Å². The van der Waals surface area contributed by atoms with Crippen LogP contribution >= 0.6 is 11.8 Å². The third-order valence-corrected chi connectivity index (χ3v) is 7.23. The van der Waals surface area contributed by atoms with E-state index < -0.39 is 0 Å². The van der Waals surface area contributed by atoms with Gasteiger partial charge in [-0.25, -0.2) is 0 Å². The molecule has 1 heterocycles. The van der Waals surface area contributed by atoms with Crippen LogP contribution in [-0.2, 0) is 4.79 Å². The number of carbonyl (C=O) groups excluding carboxylic acids is 1. The van der Waals surface area contributed by atoms with Gasteiger partial charge in [0.2, 0.25) is 5.91 Å². The van der Waals surface area contributed by atoms with Gasteiger partial charge in [0, 0.05) is 16.7 Å². The van der Waals surface area contributed by atoms with Crippen LogP contribution in [0, 0.1) is 17.8 Å². The zero-order chi connectivity index (χ0) is 15.7. The molecule has 1 unspecified atom stereocenters. The van der Waals surface area contributed by atoms with Gasteiger partial charge >= 0.3 is 0 Å². The second kappa shape index (κ2) is 6.52. The molecule has 3 atom stereocenters. The second-order valence-electron chi connectivity index (χ2n) is 7.55. The fourth-order valence-corrected chi connectivity index (χ4v) is 5.62. The van der Waals surface area contributed by atoms with Crippen molar-refractivity contribution in [1.82, 2.24) is 10.6 Å². The molecule has 3 rings (SSSR count). The topological polar surface area (TPSA) is 53.5 Å². The van der Waals surface area contributed by atoms with Gasteiger partial charge in [-0.2, -0.15) is 0 Å². The van der Waals surface area contributed by atoms with Gasteiger partial charge in [-0.3, -0.25) is 9.79 Å². The van der Waals surface area contributed by atoms with Crippen LogP contribution in [-0.4, -0.2) is 35.5 Å². The summed E-state index contributed by atoms with van der Waals surface area (Å²) in [7, 11) is 1.96. The number of amides is 1. The molecule has 0 aromatic carbocycles. The van der Waals surface area contributed by atoms with Crippen LogP contribution in [0.15, 0.2) is 4.99 Å². The second-order valence-corrected chi connectivity index (χ2v) is 9.07. The summed E-state index contributed by atoms with van der Waals surface area (Å²) < 4.78 is 0.176. The molecule has 4 nitrogen and oxygen atoms in total. The van der Waals surface area contributed by atoms with E-state index in [4.69, 9.17) is 0 Å². The molecule has 0 radical (unpaired) electrons. The summed E-state index contributed by atoms with van der Waals surface area (Å²) in [5.74, 6) is 1.83. The van der Waals surface area contributed by atoms with Gasteiger partial charge in [-0.1, -0.05) is 37.9 Å². The maximum atomic E-state index is 12.3. The molecule has 2 N–H and O–H groups in total. The van der Waals surface area contributed by atoms with Gasteiger partial charge in [-0.15, -0.1) is 0 Å². The summed E-state index contributed by atoms with van der Waals surface area (Å²) in [6, 6.07) is 0.516. The Balaban J connectivity index is 1.52. The molecule has 1 aliphatic heterocycles. The highest BCUT2D eigenvalue weighted by Gasteiger charge is 2.44. The Bertz CT molecular complexity index is 461. The summed E-state index contributed by atoms with van der Waals surface area (Å²) >= 11 is 1.81. The third kappa shape index (κ3) is 3.21. The minimum Gasteiger partial charge on any atom is -0.317 e. The molecule has 0 spiro atoms. The van der Waals surface area contributed by atoms with Gasteiger partial charge in [0.1, 0.15) is 0 Å². The molecule has 22 heavy (non-hydrogen) atoms. The first-order valence-corrected chi connectivity index (χ1v) is 9.55. The molecule has 0 aromatic rings. The Morgan fingerprint density at radius 1 is 1.32 bits per heavy atom.